The van der Waals surface area contributed by atoms with E-state index in [4.69, 9.17) is 17.4 Å². The molecule has 0 unspecified atom stereocenters. The summed E-state index contributed by atoms with van der Waals surface area (Å²) in [6.45, 7) is 0. The van der Waals surface area contributed by atoms with Gasteiger partial charge in [0.25, 0.3) is 10.0 Å². The highest BCUT2D eigenvalue weighted by molar-refractivity contribution is 7.92. The lowest BCUT2D eigenvalue weighted by molar-refractivity contribution is 0.593. The predicted molar refractivity (Wildman–Crippen MR) is 79.0 cm³/mol. The molecular formula is C12H12ClFN4O2S. The van der Waals surface area contributed by atoms with Crippen molar-refractivity contribution in [3.05, 3.63) is 47.4 Å². The van der Waals surface area contributed by atoms with Gasteiger partial charge >= 0.3 is 0 Å². The normalized spacial score (nSPS) is 11.2. The Balaban J connectivity index is 2.41. The van der Waals surface area contributed by atoms with E-state index in [1.807, 2.05) is 0 Å². The Morgan fingerprint density at radius 2 is 1.95 bits per heavy atom. The zero-order valence-corrected chi connectivity index (χ0v) is 12.5. The lowest BCUT2D eigenvalue weighted by Gasteiger charge is -2.19. The van der Waals surface area contributed by atoms with Crippen LogP contribution in [0.25, 0.3) is 0 Å². The van der Waals surface area contributed by atoms with Crippen LogP contribution in [-0.2, 0) is 10.0 Å². The smallest absolute Gasteiger partial charge is 0.265 e. The number of nitrogens with two attached hydrogens (primary N) is 1. The van der Waals surface area contributed by atoms with Crippen molar-refractivity contribution in [1.29, 1.82) is 0 Å². The number of anilines is 2. The highest BCUT2D eigenvalue weighted by Gasteiger charge is 2.22. The van der Waals surface area contributed by atoms with Crippen molar-refractivity contribution >= 4 is 33.1 Å². The number of rotatable bonds is 4. The number of sulfonamides is 1. The Kier molecular flexibility index (Phi) is 4.31. The molecule has 0 amide bonds. The van der Waals surface area contributed by atoms with Crippen molar-refractivity contribution in [2.24, 2.45) is 5.84 Å². The minimum Gasteiger partial charge on any atom is -0.307 e. The minimum absolute atomic E-state index is 0.0751. The molecule has 3 N–H and O–H groups in total. The first-order valence-corrected chi connectivity index (χ1v) is 7.54. The first-order chi connectivity index (χ1) is 9.86. The number of aromatic nitrogens is 1. The van der Waals surface area contributed by atoms with Gasteiger partial charge in [0.15, 0.2) is 5.82 Å². The average molecular weight is 331 g/mol. The molecule has 0 aliphatic carbocycles. The van der Waals surface area contributed by atoms with E-state index in [1.54, 1.807) is 0 Å². The molecule has 0 radical (unpaired) electrons. The van der Waals surface area contributed by atoms with E-state index in [0.29, 0.717) is 5.69 Å². The molecule has 0 saturated carbocycles. The van der Waals surface area contributed by atoms with Crippen molar-refractivity contribution < 1.29 is 12.8 Å². The molecule has 1 aromatic carbocycles. The van der Waals surface area contributed by atoms with Gasteiger partial charge in [0.2, 0.25) is 0 Å². The molecule has 0 saturated heterocycles. The monoisotopic (exact) mass is 330 g/mol. The first kappa shape index (κ1) is 15.5. The first-order valence-electron chi connectivity index (χ1n) is 5.73. The second kappa shape index (κ2) is 5.84. The number of nitrogen functional groups attached to an aromatic ring is 1. The van der Waals surface area contributed by atoms with Crippen molar-refractivity contribution in [1.82, 2.24) is 4.98 Å². The van der Waals surface area contributed by atoms with Gasteiger partial charge in [-0.05, 0) is 30.3 Å². The second-order valence-corrected chi connectivity index (χ2v) is 6.47. The Bertz CT molecular complexity index is 752. The number of benzene rings is 1. The lowest BCUT2D eigenvalue weighted by Crippen LogP contribution is -2.26. The number of hydrogen-bond donors (Lipinski definition) is 2. The van der Waals surface area contributed by atoms with E-state index >= 15 is 0 Å². The van der Waals surface area contributed by atoms with Gasteiger partial charge in [-0.3, -0.25) is 4.31 Å². The summed E-state index contributed by atoms with van der Waals surface area (Å²) in [6.07, 6.45) is 1.14. The Hall–Kier alpha value is -1.90. The average Bonchev–Trinajstić information content (AvgIpc) is 2.47. The summed E-state index contributed by atoms with van der Waals surface area (Å²) in [5.74, 6) is 4.90. The fourth-order valence-electron chi connectivity index (χ4n) is 1.62. The molecule has 0 atom stereocenters. The van der Waals surface area contributed by atoms with Crippen LogP contribution in [-0.4, -0.2) is 20.4 Å². The molecule has 1 aromatic heterocycles. The van der Waals surface area contributed by atoms with Crippen LogP contribution in [0.15, 0.2) is 41.4 Å². The van der Waals surface area contributed by atoms with E-state index in [9.17, 15) is 12.8 Å². The molecule has 0 spiro atoms. The third-order valence-corrected chi connectivity index (χ3v) is 4.84. The number of hydrazine groups is 1. The standard InChI is InChI=1S/C12H12ClFN4O2S/c1-18(9-4-2-8(14)3-5-9)21(19,20)10-6-11(13)12(17-15)16-7-10/h2-7H,15H2,1H3,(H,16,17). The third-order valence-electron chi connectivity index (χ3n) is 2.80. The van der Waals surface area contributed by atoms with Crippen molar-refractivity contribution in [3.63, 3.8) is 0 Å². The third kappa shape index (κ3) is 3.07. The van der Waals surface area contributed by atoms with Gasteiger partial charge < -0.3 is 5.43 Å². The van der Waals surface area contributed by atoms with Crippen molar-refractivity contribution in [3.8, 4) is 0 Å². The highest BCUT2D eigenvalue weighted by Crippen LogP contribution is 2.26. The largest absolute Gasteiger partial charge is 0.307 e. The maximum atomic E-state index is 12.9. The van der Waals surface area contributed by atoms with Gasteiger partial charge in [0, 0.05) is 13.2 Å². The summed E-state index contributed by atoms with van der Waals surface area (Å²) in [5, 5.41) is 0.0751. The van der Waals surface area contributed by atoms with Crippen LogP contribution in [0.1, 0.15) is 0 Å². The predicted octanol–water partition coefficient (Wildman–Crippen LogP) is 1.98. The SMILES string of the molecule is CN(c1ccc(F)cc1)S(=O)(=O)c1cnc(NN)c(Cl)c1. The molecule has 0 bridgehead atoms. The van der Waals surface area contributed by atoms with Crippen LogP contribution in [0, 0.1) is 5.82 Å². The van der Waals surface area contributed by atoms with Crippen LogP contribution in [0.4, 0.5) is 15.9 Å². The highest BCUT2D eigenvalue weighted by atomic mass is 35.5. The number of pyridine rings is 1. The number of hydrogen-bond acceptors (Lipinski definition) is 5. The summed E-state index contributed by atoms with van der Waals surface area (Å²) in [7, 11) is -2.50. The zero-order chi connectivity index (χ0) is 15.6. The summed E-state index contributed by atoms with van der Waals surface area (Å²) in [5.41, 5.74) is 2.56. The molecule has 6 nitrogen and oxygen atoms in total. The van der Waals surface area contributed by atoms with E-state index in [0.717, 1.165) is 10.5 Å². The summed E-state index contributed by atoms with van der Waals surface area (Å²) in [6, 6.07) is 6.30. The second-order valence-electron chi connectivity index (χ2n) is 4.09. The maximum absolute atomic E-state index is 12.9. The quantitative estimate of drug-likeness (QED) is 0.661. The molecule has 2 aromatic rings. The summed E-state index contributed by atoms with van der Waals surface area (Å²) < 4.78 is 38.8. The van der Waals surface area contributed by atoms with Crippen LogP contribution < -0.4 is 15.6 Å². The fourth-order valence-corrected chi connectivity index (χ4v) is 3.07. The Labute approximate surface area is 126 Å². The molecule has 0 aliphatic rings. The molecule has 112 valence electrons. The lowest BCUT2D eigenvalue weighted by atomic mass is 10.3. The molecule has 2 rings (SSSR count). The van der Waals surface area contributed by atoms with Crippen LogP contribution >= 0.6 is 11.6 Å². The fraction of sp³-hybridized carbons (Fsp3) is 0.0833. The van der Waals surface area contributed by atoms with Crippen LogP contribution in [0.5, 0.6) is 0 Å². The Morgan fingerprint density at radius 3 is 2.48 bits per heavy atom. The van der Waals surface area contributed by atoms with Crippen molar-refractivity contribution in [2.45, 2.75) is 4.90 Å². The number of halogens is 2. The van der Waals surface area contributed by atoms with Crippen LogP contribution in [0.2, 0.25) is 5.02 Å². The number of nitrogens with one attached hydrogen (secondary N) is 1. The van der Waals surface area contributed by atoms with E-state index in [-0.39, 0.29) is 15.7 Å². The molecule has 0 aliphatic heterocycles. The molecule has 1 heterocycles. The Morgan fingerprint density at radius 1 is 1.33 bits per heavy atom. The molecule has 21 heavy (non-hydrogen) atoms. The van der Waals surface area contributed by atoms with Crippen LogP contribution in [0.3, 0.4) is 0 Å². The summed E-state index contributed by atoms with van der Waals surface area (Å²) >= 11 is 5.87. The van der Waals surface area contributed by atoms with E-state index in [1.165, 1.54) is 37.4 Å². The van der Waals surface area contributed by atoms with E-state index < -0.39 is 15.8 Å². The van der Waals surface area contributed by atoms with Gasteiger partial charge in [-0.1, -0.05) is 11.6 Å². The van der Waals surface area contributed by atoms with E-state index in [2.05, 4.69) is 10.4 Å². The van der Waals surface area contributed by atoms with Gasteiger partial charge in [-0.2, -0.15) is 0 Å². The zero-order valence-electron chi connectivity index (χ0n) is 10.9. The molecule has 9 heteroatoms. The van der Waals surface area contributed by atoms with Gasteiger partial charge in [-0.25, -0.2) is 23.6 Å². The van der Waals surface area contributed by atoms with Gasteiger partial charge in [-0.15, -0.1) is 0 Å². The topological polar surface area (TPSA) is 88.3 Å². The van der Waals surface area contributed by atoms with Crippen molar-refractivity contribution in [2.75, 3.05) is 16.8 Å². The minimum atomic E-state index is -3.86. The molecule has 0 fully saturated rings. The van der Waals surface area contributed by atoms with Gasteiger partial charge in [0.05, 0.1) is 10.7 Å². The molecular weight excluding hydrogens is 319 g/mol. The number of nitrogens with zero attached hydrogens (tertiary/aromatic N) is 2. The summed E-state index contributed by atoms with van der Waals surface area (Å²) in [4.78, 5) is 3.72. The maximum Gasteiger partial charge on any atom is 0.265 e. The van der Waals surface area contributed by atoms with Gasteiger partial charge in [0.1, 0.15) is 10.7 Å².